The number of rotatable bonds is 6. The molecule has 0 atom stereocenters. The maximum Gasteiger partial charge on any atom is 0.280 e. The van der Waals surface area contributed by atoms with Gasteiger partial charge in [-0.05, 0) is 6.07 Å². The molecule has 0 amide bonds. The third-order valence-electron chi connectivity index (χ3n) is 2.28. The number of nitro benzene ring substituents is 1. The lowest BCUT2D eigenvalue weighted by Gasteiger charge is -2.12. The summed E-state index contributed by atoms with van der Waals surface area (Å²) in [6.07, 6.45) is -0.750. The maximum absolute atomic E-state index is 11.8. The molecule has 0 saturated carbocycles. The van der Waals surface area contributed by atoms with Crippen molar-refractivity contribution in [2.45, 2.75) is 12.7 Å². The summed E-state index contributed by atoms with van der Waals surface area (Å²) in [5, 5.41) is 10.7. The Morgan fingerprint density at radius 3 is 2.47 bits per heavy atom. The van der Waals surface area contributed by atoms with Gasteiger partial charge in [-0.25, -0.2) is 0 Å². The van der Waals surface area contributed by atoms with E-state index < -0.39 is 11.2 Å². The fourth-order valence-electron chi connectivity index (χ4n) is 1.39. The minimum absolute atomic E-state index is 0.0577. The van der Waals surface area contributed by atoms with Gasteiger partial charge in [0.15, 0.2) is 12.1 Å². The molecule has 0 bridgehead atoms. The summed E-state index contributed by atoms with van der Waals surface area (Å²) >= 11 is 0. The number of carbonyl (C=O) groups excluding carboxylic acids is 1. The first kappa shape index (κ1) is 13.3. The molecule has 0 fully saturated rings. The molecule has 0 aliphatic heterocycles. The van der Waals surface area contributed by atoms with E-state index in [1.807, 2.05) is 0 Å². The fraction of sp³-hybridized carbons (Fsp3) is 0.364. The summed E-state index contributed by atoms with van der Waals surface area (Å²) in [6, 6.07) is 5.80. The van der Waals surface area contributed by atoms with E-state index >= 15 is 0 Å². The van der Waals surface area contributed by atoms with Gasteiger partial charge in [0, 0.05) is 20.3 Å². The summed E-state index contributed by atoms with van der Waals surface area (Å²) < 4.78 is 9.76. The van der Waals surface area contributed by atoms with Crippen LogP contribution < -0.4 is 0 Å². The molecular formula is C11H13NO5. The van der Waals surface area contributed by atoms with E-state index in [4.69, 9.17) is 9.47 Å². The molecule has 0 radical (unpaired) electrons. The quantitative estimate of drug-likeness (QED) is 0.327. The monoisotopic (exact) mass is 239 g/mol. The predicted octanol–water partition coefficient (Wildman–Crippen LogP) is 1.79. The molecule has 1 aromatic carbocycles. The van der Waals surface area contributed by atoms with E-state index in [-0.39, 0.29) is 23.5 Å². The number of nitro groups is 1. The van der Waals surface area contributed by atoms with Crippen molar-refractivity contribution in [3.8, 4) is 0 Å². The first-order chi connectivity index (χ1) is 8.10. The second-order valence-electron chi connectivity index (χ2n) is 3.30. The van der Waals surface area contributed by atoms with Gasteiger partial charge in [0.1, 0.15) is 0 Å². The number of ketones is 1. The average Bonchev–Trinajstić information content (AvgIpc) is 2.35. The Morgan fingerprint density at radius 1 is 1.35 bits per heavy atom. The second kappa shape index (κ2) is 6.07. The van der Waals surface area contributed by atoms with E-state index in [0.29, 0.717) is 0 Å². The van der Waals surface area contributed by atoms with Gasteiger partial charge in [-0.3, -0.25) is 14.9 Å². The topological polar surface area (TPSA) is 78.7 Å². The number of nitrogens with zero attached hydrogens (tertiary/aromatic N) is 1. The zero-order valence-corrected chi connectivity index (χ0v) is 9.58. The van der Waals surface area contributed by atoms with Crippen molar-refractivity contribution in [2.24, 2.45) is 0 Å². The van der Waals surface area contributed by atoms with Crippen LogP contribution in [0.1, 0.15) is 16.8 Å². The van der Waals surface area contributed by atoms with Crippen LogP contribution in [-0.4, -0.2) is 31.2 Å². The third kappa shape index (κ3) is 3.33. The van der Waals surface area contributed by atoms with Crippen LogP contribution in [-0.2, 0) is 9.47 Å². The number of carbonyl (C=O) groups is 1. The Bertz CT molecular complexity index is 414. The summed E-state index contributed by atoms with van der Waals surface area (Å²) in [6.45, 7) is 0. The standard InChI is InChI=1S/C11H13NO5/c1-16-11(17-2)7-10(13)8-5-3-4-6-9(8)12(14)15/h3-6,11H,7H2,1-2H3. The van der Waals surface area contributed by atoms with Crippen LogP contribution in [0.2, 0.25) is 0 Å². The number of hydrogen-bond donors (Lipinski definition) is 0. The zero-order valence-electron chi connectivity index (χ0n) is 9.58. The number of ether oxygens (including phenoxy) is 2. The smallest absolute Gasteiger partial charge is 0.280 e. The molecule has 6 nitrogen and oxygen atoms in total. The van der Waals surface area contributed by atoms with Crippen LogP contribution in [0.3, 0.4) is 0 Å². The summed E-state index contributed by atoms with van der Waals surface area (Å²) in [7, 11) is 2.81. The van der Waals surface area contributed by atoms with Crippen LogP contribution in [0.25, 0.3) is 0 Å². The molecule has 0 spiro atoms. The van der Waals surface area contributed by atoms with Gasteiger partial charge in [-0.2, -0.15) is 0 Å². The van der Waals surface area contributed by atoms with Crippen molar-refractivity contribution in [3.05, 3.63) is 39.9 Å². The van der Waals surface area contributed by atoms with Crippen LogP contribution in [0.5, 0.6) is 0 Å². The van der Waals surface area contributed by atoms with Gasteiger partial charge < -0.3 is 9.47 Å². The number of hydrogen-bond acceptors (Lipinski definition) is 5. The number of methoxy groups -OCH3 is 2. The lowest BCUT2D eigenvalue weighted by atomic mass is 10.1. The molecule has 0 aromatic heterocycles. The minimum atomic E-state index is -0.692. The molecule has 0 unspecified atom stereocenters. The molecule has 0 saturated heterocycles. The number of Topliss-reactive ketones (excluding diaryl/α,β-unsaturated/α-hetero) is 1. The minimum Gasteiger partial charge on any atom is -0.355 e. The molecule has 0 heterocycles. The molecule has 1 rings (SSSR count). The Labute approximate surface area is 98.3 Å². The van der Waals surface area contributed by atoms with Crippen molar-refractivity contribution in [1.29, 1.82) is 0 Å². The lowest BCUT2D eigenvalue weighted by molar-refractivity contribution is -0.385. The molecule has 0 aliphatic rings. The lowest BCUT2D eigenvalue weighted by Crippen LogP contribution is -2.18. The van der Waals surface area contributed by atoms with Gasteiger partial charge in [-0.1, -0.05) is 12.1 Å². The van der Waals surface area contributed by atoms with Crippen LogP contribution in [0.15, 0.2) is 24.3 Å². The van der Waals surface area contributed by atoms with E-state index in [9.17, 15) is 14.9 Å². The average molecular weight is 239 g/mol. The number of para-hydroxylation sites is 1. The molecule has 0 N–H and O–H groups in total. The highest BCUT2D eigenvalue weighted by atomic mass is 16.7. The highest BCUT2D eigenvalue weighted by molar-refractivity contribution is 5.99. The Morgan fingerprint density at radius 2 is 1.94 bits per heavy atom. The van der Waals surface area contributed by atoms with Crippen LogP contribution in [0, 0.1) is 10.1 Å². The normalized spacial score (nSPS) is 10.5. The highest BCUT2D eigenvalue weighted by Gasteiger charge is 2.21. The van der Waals surface area contributed by atoms with Gasteiger partial charge in [0.2, 0.25) is 0 Å². The molecule has 17 heavy (non-hydrogen) atoms. The molecular weight excluding hydrogens is 226 g/mol. The van der Waals surface area contributed by atoms with Crippen LogP contribution in [0.4, 0.5) is 5.69 Å². The molecule has 6 heteroatoms. The Hall–Kier alpha value is -1.79. The van der Waals surface area contributed by atoms with Gasteiger partial charge in [0.05, 0.1) is 16.9 Å². The zero-order chi connectivity index (χ0) is 12.8. The molecule has 92 valence electrons. The van der Waals surface area contributed by atoms with Crippen molar-refractivity contribution in [3.63, 3.8) is 0 Å². The second-order valence-corrected chi connectivity index (χ2v) is 3.30. The van der Waals surface area contributed by atoms with E-state index in [2.05, 4.69) is 0 Å². The van der Waals surface area contributed by atoms with Crippen molar-refractivity contribution in [1.82, 2.24) is 0 Å². The summed E-state index contributed by atoms with van der Waals surface area (Å²) in [5.41, 5.74) is -0.139. The SMILES string of the molecule is COC(CC(=O)c1ccccc1[N+](=O)[O-])OC. The number of benzene rings is 1. The largest absolute Gasteiger partial charge is 0.355 e. The van der Waals surface area contributed by atoms with Gasteiger partial charge in [0.25, 0.3) is 5.69 Å². The molecule has 1 aromatic rings. The Kier molecular flexibility index (Phi) is 4.74. The van der Waals surface area contributed by atoms with Gasteiger partial charge in [-0.15, -0.1) is 0 Å². The first-order valence-electron chi connectivity index (χ1n) is 4.92. The maximum atomic E-state index is 11.8. The van der Waals surface area contributed by atoms with E-state index in [0.717, 1.165) is 0 Å². The van der Waals surface area contributed by atoms with Crippen molar-refractivity contribution >= 4 is 11.5 Å². The van der Waals surface area contributed by atoms with Crippen LogP contribution >= 0.6 is 0 Å². The predicted molar refractivity (Wildman–Crippen MR) is 59.8 cm³/mol. The van der Waals surface area contributed by atoms with E-state index in [1.54, 1.807) is 6.07 Å². The fourth-order valence-corrected chi connectivity index (χ4v) is 1.39. The van der Waals surface area contributed by atoms with Gasteiger partial charge >= 0.3 is 0 Å². The third-order valence-corrected chi connectivity index (χ3v) is 2.28. The Balaban J connectivity index is 2.92. The molecule has 0 aliphatic carbocycles. The van der Waals surface area contributed by atoms with Crippen molar-refractivity contribution < 1.29 is 19.2 Å². The summed E-state index contributed by atoms with van der Waals surface area (Å²) in [4.78, 5) is 22.0. The van der Waals surface area contributed by atoms with Crippen molar-refractivity contribution in [2.75, 3.05) is 14.2 Å². The first-order valence-corrected chi connectivity index (χ1v) is 4.92. The van der Waals surface area contributed by atoms with E-state index in [1.165, 1.54) is 32.4 Å². The highest BCUT2D eigenvalue weighted by Crippen LogP contribution is 2.20. The summed E-state index contributed by atoms with van der Waals surface area (Å²) in [5.74, 6) is -0.383.